The van der Waals surface area contributed by atoms with Crippen molar-refractivity contribution in [2.75, 3.05) is 13.7 Å². The summed E-state index contributed by atoms with van der Waals surface area (Å²) in [4.78, 5) is 0. The molecule has 1 aliphatic rings. The number of ether oxygens (including phenoxy) is 1. The lowest BCUT2D eigenvalue weighted by molar-refractivity contribution is 0.347. The zero-order valence-corrected chi connectivity index (χ0v) is 15.2. The normalized spacial score (nSPS) is 17.6. The monoisotopic (exact) mass is 328 g/mol. The van der Waals surface area contributed by atoms with Crippen molar-refractivity contribution in [3.8, 4) is 5.75 Å². The fraction of sp³-hybridized carbons (Fsp3) is 0.579. The summed E-state index contributed by atoms with van der Waals surface area (Å²) >= 11 is 0. The van der Waals surface area contributed by atoms with Crippen LogP contribution in [0.1, 0.15) is 56.4 Å². The lowest BCUT2D eigenvalue weighted by Crippen LogP contribution is -2.24. The summed E-state index contributed by atoms with van der Waals surface area (Å²) in [7, 11) is 1.73. The minimum atomic E-state index is -0.0212. The molecule has 0 aliphatic heterocycles. The molecule has 0 saturated heterocycles. The van der Waals surface area contributed by atoms with Crippen molar-refractivity contribution in [3.05, 3.63) is 41.2 Å². The lowest BCUT2D eigenvalue weighted by Gasteiger charge is -2.26. The molecule has 5 nitrogen and oxygen atoms in total. The summed E-state index contributed by atoms with van der Waals surface area (Å²) in [6, 6.07) is 6.50. The number of nitrogens with one attached hydrogen (secondary N) is 1. The Hall–Kier alpha value is -1.88. The molecule has 3 rings (SSSR count). The van der Waals surface area contributed by atoms with Crippen molar-refractivity contribution in [2.24, 2.45) is 0 Å². The van der Waals surface area contributed by atoms with Gasteiger partial charge in [0.2, 0.25) is 0 Å². The Labute approximate surface area is 144 Å². The Kier molecular flexibility index (Phi) is 4.90. The first-order chi connectivity index (χ1) is 11.5. The third-order valence-corrected chi connectivity index (χ3v) is 4.71. The molecule has 0 fully saturated rings. The van der Waals surface area contributed by atoms with E-state index in [9.17, 15) is 0 Å². The SMILES string of the molecule is COc1ccc2c(c1)CCCC2CNCc1cn(C(C)(C)C)nn1. The third kappa shape index (κ3) is 3.78. The Morgan fingerprint density at radius 3 is 2.88 bits per heavy atom. The second kappa shape index (κ2) is 6.93. The van der Waals surface area contributed by atoms with E-state index in [0.717, 1.165) is 31.0 Å². The first-order valence-electron chi connectivity index (χ1n) is 8.76. The molecule has 1 aliphatic carbocycles. The molecule has 0 radical (unpaired) electrons. The molecule has 130 valence electrons. The number of hydrogen-bond donors (Lipinski definition) is 1. The quantitative estimate of drug-likeness (QED) is 0.915. The summed E-state index contributed by atoms with van der Waals surface area (Å²) in [5.74, 6) is 1.53. The van der Waals surface area contributed by atoms with Gasteiger partial charge in [-0.2, -0.15) is 0 Å². The van der Waals surface area contributed by atoms with Crippen LogP contribution in [-0.4, -0.2) is 28.6 Å². The second-order valence-corrected chi connectivity index (χ2v) is 7.61. The zero-order valence-electron chi connectivity index (χ0n) is 15.2. The lowest BCUT2D eigenvalue weighted by atomic mass is 9.82. The Bertz CT molecular complexity index is 687. The minimum absolute atomic E-state index is 0.0212. The number of benzene rings is 1. The van der Waals surface area contributed by atoms with Gasteiger partial charge in [0.25, 0.3) is 0 Å². The van der Waals surface area contributed by atoms with Gasteiger partial charge in [-0.1, -0.05) is 11.3 Å². The van der Waals surface area contributed by atoms with Gasteiger partial charge in [-0.05, 0) is 69.2 Å². The molecule has 0 amide bonds. The molecule has 0 spiro atoms. The van der Waals surface area contributed by atoms with Crippen LogP contribution in [0, 0.1) is 0 Å². The smallest absolute Gasteiger partial charge is 0.119 e. The average Bonchev–Trinajstić information content (AvgIpc) is 3.03. The van der Waals surface area contributed by atoms with E-state index in [1.54, 1.807) is 7.11 Å². The second-order valence-electron chi connectivity index (χ2n) is 7.61. The highest BCUT2D eigenvalue weighted by atomic mass is 16.5. The summed E-state index contributed by atoms with van der Waals surface area (Å²) in [6.45, 7) is 8.13. The van der Waals surface area contributed by atoms with Crippen LogP contribution in [0.15, 0.2) is 24.4 Å². The molecular weight excluding hydrogens is 300 g/mol. The predicted octanol–water partition coefficient (Wildman–Crippen LogP) is 3.25. The van der Waals surface area contributed by atoms with Crippen LogP contribution in [0.4, 0.5) is 0 Å². The third-order valence-electron chi connectivity index (χ3n) is 4.71. The van der Waals surface area contributed by atoms with Crippen LogP contribution < -0.4 is 10.1 Å². The number of fused-ring (bicyclic) bond motifs is 1. The molecule has 1 aromatic heterocycles. The van der Waals surface area contributed by atoms with E-state index in [1.807, 2.05) is 10.9 Å². The van der Waals surface area contributed by atoms with Crippen LogP contribution in [0.25, 0.3) is 0 Å². The summed E-state index contributed by atoms with van der Waals surface area (Å²) in [5.41, 5.74) is 3.88. The van der Waals surface area contributed by atoms with Crippen molar-refractivity contribution < 1.29 is 4.74 Å². The predicted molar refractivity (Wildman–Crippen MR) is 95.4 cm³/mol. The largest absolute Gasteiger partial charge is 0.497 e. The number of aryl methyl sites for hydroxylation is 1. The maximum Gasteiger partial charge on any atom is 0.119 e. The molecule has 1 aromatic carbocycles. The topological polar surface area (TPSA) is 52.0 Å². The Morgan fingerprint density at radius 2 is 2.17 bits per heavy atom. The highest BCUT2D eigenvalue weighted by Gasteiger charge is 2.20. The van der Waals surface area contributed by atoms with Crippen LogP contribution >= 0.6 is 0 Å². The fourth-order valence-corrected chi connectivity index (χ4v) is 3.31. The highest BCUT2D eigenvalue weighted by Crippen LogP contribution is 2.33. The van der Waals surface area contributed by atoms with Gasteiger partial charge < -0.3 is 10.1 Å². The molecule has 0 saturated carbocycles. The van der Waals surface area contributed by atoms with Crippen LogP contribution in [0.5, 0.6) is 5.75 Å². The minimum Gasteiger partial charge on any atom is -0.497 e. The van der Waals surface area contributed by atoms with Crippen molar-refractivity contribution in [3.63, 3.8) is 0 Å². The molecule has 24 heavy (non-hydrogen) atoms. The molecule has 1 N–H and O–H groups in total. The maximum atomic E-state index is 5.35. The van der Waals surface area contributed by atoms with Crippen LogP contribution in [-0.2, 0) is 18.5 Å². The van der Waals surface area contributed by atoms with E-state index in [1.165, 1.54) is 24.0 Å². The molecule has 1 atom stereocenters. The molecule has 0 bridgehead atoms. The molecule has 5 heteroatoms. The number of nitrogens with zero attached hydrogens (tertiary/aromatic N) is 3. The van der Waals surface area contributed by atoms with E-state index >= 15 is 0 Å². The Morgan fingerprint density at radius 1 is 1.33 bits per heavy atom. The first-order valence-corrected chi connectivity index (χ1v) is 8.76. The zero-order chi connectivity index (χ0) is 17.2. The van der Waals surface area contributed by atoms with E-state index in [0.29, 0.717) is 5.92 Å². The van der Waals surface area contributed by atoms with Crippen molar-refractivity contribution in [2.45, 2.75) is 58.0 Å². The van der Waals surface area contributed by atoms with Crippen LogP contribution in [0.3, 0.4) is 0 Å². The molecular formula is C19H28N4O. The number of aromatic nitrogens is 3. The van der Waals surface area contributed by atoms with E-state index in [4.69, 9.17) is 4.74 Å². The van der Waals surface area contributed by atoms with Gasteiger partial charge in [-0.15, -0.1) is 5.10 Å². The van der Waals surface area contributed by atoms with Gasteiger partial charge in [-0.3, -0.25) is 0 Å². The van der Waals surface area contributed by atoms with Crippen molar-refractivity contribution in [1.82, 2.24) is 20.3 Å². The van der Waals surface area contributed by atoms with E-state index in [-0.39, 0.29) is 5.54 Å². The highest BCUT2D eigenvalue weighted by molar-refractivity contribution is 5.39. The van der Waals surface area contributed by atoms with Crippen LogP contribution in [0.2, 0.25) is 0 Å². The number of methoxy groups -OCH3 is 1. The first kappa shape index (κ1) is 17.0. The van der Waals surface area contributed by atoms with Gasteiger partial charge in [0.15, 0.2) is 0 Å². The summed E-state index contributed by atoms with van der Waals surface area (Å²) < 4.78 is 7.27. The van der Waals surface area contributed by atoms with Gasteiger partial charge in [0.05, 0.1) is 24.5 Å². The fourth-order valence-electron chi connectivity index (χ4n) is 3.31. The summed E-state index contributed by atoms with van der Waals surface area (Å²) in [6.07, 6.45) is 5.67. The van der Waals surface area contributed by atoms with Gasteiger partial charge in [0, 0.05) is 13.1 Å². The average molecular weight is 328 g/mol. The number of rotatable bonds is 5. The van der Waals surface area contributed by atoms with Crippen molar-refractivity contribution >= 4 is 0 Å². The molecule has 1 unspecified atom stereocenters. The van der Waals surface area contributed by atoms with Crippen molar-refractivity contribution in [1.29, 1.82) is 0 Å². The standard InChI is InChI=1S/C19H28N4O/c1-19(2,3)23-13-16(21-22-23)12-20-11-15-7-5-6-14-10-17(24-4)8-9-18(14)15/h8-10,13,15,20H,5-7,11-12H2,1-4H3. The molecule has 1 heterocycles. The summed E-state index contributed by atoms with van der Waals surface area (Å²) in [5, 5.41) is 12.0. The van der Waals surface area contributed by atoms with E-state index in [2.05, 4.69) is 54.6 Å². The maximum absolute atomic E-state index is 5.35. The van der Waals surface area contributed by atoms with Gasteiger partial charge in [-0.25, -0.2) is 4.68 Å². The van der Waals surface area contributed by atoms with Gasteiger partial charge in [0.1, 0.15) is 5.75 Å². The van der Waals surface area contributed by atoms with E-state index < -0.39 is 0 Å². The van der Waals surface area contributed by atoms with Gasteiger partial charge >= 0.3 is 0 Å². The molecule has 2 aromatic rings. The number of hydrogen-bond acceptors (Lipinski definition) is 4. The Balaban J connectivity index is 1.59.